The van der Waals surface area contributed by atoms with Crippen LogP contribution in [0.3, 0.4) is 0 Å². The summed E-state index contributed by atoms with van der Waals surface area (Å²) < 4.78 is 1.38. The number of hydrogen-bond acceptors (Lipinski definition) is 6. The highest BCUT2D eigenvalue weighted by Gasteiger charge is 2.33. The fourth-order valence-electron chi connectivity index (χ4n) is 3.52. The third-order valence-corrected chi connectivity index (χ3v) is 4.85. The summed E-state index contributed by atoms with van der Waals surface area (Å²) in [6, 6.07) is 13.0. The molecule has 0 unspecified atom stereocenters. The molecule has 8 heteroatoms. The summed E-state index contributed by atoms with van der Waals surface area (Å²) >= 11 is 0. The van der Waals surface area contributed by atoms with Gasteiger partial charge in [0.2, 0.25) is 0 Å². The molecule has 2 aliphatic rings. The molecule has 1 amide bonds. The highest BCUT2D eigenvalue weighted by molar-refractivity contribution is 5.95. The van der Waals surface area contributed by atoms with Gasteiger partial charge in [-0.2, -0.15) is 4.68 Å². The highest BCUT2D eigenvalue weighted by atomic mass is 16.2. The Morgan fingerprint density at radius 1 is 1.22 bits per heavy atom. The number of benzene rings is 1. The average Bonchev–Trinajstić information content (AvgIpc) is 3.20. The van der Waals surface area contributed by atoms with E-state index in [0.717, 1.165) is 29.8 Å². The van der Waals surface area contributed by atoms with Gasteiger partial charge < -0.3 is 9.80 Å². The fraction of sp³-hybridized carbons (Fsp3) is 0.368. The zero-order valence-corrected chi connectivity index (χ0v) is 15.2. The van der Waals surface area contributed by atoms with E-state index in [1.807, 2.05) is 23.1 Å². The van der Waals surface area contributed by atoms with Gasteiger partial charge in [-0.05, 0) is 16.0 Å². The predicted molar refractivity (Wildman–Crippen MR) is 98.7 cm³/mol. The first-order valence-electron chi connectivity index (χ1n) is 8.91. The fourth-order valence-corrected chi connectivity index (χ4v) is 3.52. The molecule has 0 saturated heterocycles. The third-order valence-electron chi connectivity index (χ3n) is 4.85. The minimum absolute atomic E-state index is 0.130. The average molecular weight is 363 g/mol. The zero-order valence-electron chi connectivity index (χ0n) is 15.2. The molecule has 2 aliphatic heterocycles. The van der Waals surface area contributed by atoms with Crippen molar-refractivity contribution >= 4 is 5.91 Å². The van der Waals surface area contributed by atoms with E-state index < -0.39 is 0 Å². The quantitative estimate of drug-likeness (QED) is 0.734. The summed E-state index contributed by atoms with van der Waals surface area (Å²) in [6.07, 6.45) is 2.33. The Balaban J connectivity index is 1.45. The molecule has 2 aromatic rings. The number of rotatable bonds is 3. The first-order valence-corrected chi connectivity index (χ1v) is 8.91. The molecule has 0 spiro atoms. The molecule has 1 aromatic carbocycles. The standard InChI is InChI=1S/C19H21N7O/c1-23-15-25(12-16-6-3-2-4-7-16)19(27)17-13-24(11-8-18(17)23)9-5-10-26-14-20-21-22-26/h2-4,6-7,14H,8-9,11-13,15H2,1H3. The van der Waals surface area contributed by atoms with Crippen molar-refractivity contribution < 1.29 is 4.79 Å². The van der Waals surface area contributed by atoms with Crippen LogP contribution < -0.4 is 0 Å². The van der Waals surface area contributed by atoms with Gasteiger partial charge in [0, 0.05) is 44.8 Å². The molecule has 0 fully saturated rings. The molecule has 0 saturated carbocycles. The Kier molecular flexibility index (Phi) is 4.85. The topological polar surface area (TPSA) is 70.4 Å². The second-order valence-corrected chi connectivity index (χ2v) is 6.76. The van der Waals surface area contributed by atoms with Crippen LogP contribution in [0.5, 0.6) is 0 Å². The van der Waals surface area contributed by atoms with Gasteiger partial charge in [0.1, 0.15) is 0 Å². The monoisotopic (exact) mass is 363 g/mol. The van der Waals surface area contributed by atoms with Gasteiger partial charge in [0.25, 0.3) is 5.91 Å². The van der Waals surface area contributed by atoms with Crippen molar-refractivity contribution in [3.63, 3.8) is 0 Å². The largest absolute Gasteiger partial charge is 0.360 e. The molecule has 138 valence electrons. The van der Waals surface area contributed by atoms with Crippen LogP contribution in [0.2, 0.25) is 0 Å². The normalized spacial score (nSPS) is 17.6. The summed E-state index contributed by atoms with van der Waals surface area (Å²) in [5.74, 6) is 3.20. The van der Waals surface area contributed by atoms with Gasteiger partial charge in [0.05, 0.1) is 18.8 Å². The van der Waals surface area contributed by atoms with Crippen molar-refractivity contribution in [3.8, 4) is 12.0 Å². The van der Waals surface area contributed by atoms with Crippen molar-refractivity contribution in [1.82, 2.24) is 34.9 Å². The number of carbonyl (C=O) groups is 1. The number of hydrogen-bond donors (Lipinski definition) is 0. The lowest BCUT2D eigenvalue weighted by Gasteiger charge is -2.42. The number of aromatic nitrogens is 4. The lowest BCUT2D eigenvalue weighted by Crippen LogP contribution is -2.50. The van der Waals surface area contributed by atoms with Gasteiger partial charge in [-0.15, -0.1) is 5.10 Å². The van der Waals surface area contributed by atoms with E-state index in [4.69, 9.17) is 0 Å². The van der Waals surface area contributed by atoms with Crippen LogP contribution in [-0.2, 0) is 11.3 Å². The summed E-state index contributed by atoms with van der Waals surface area (Å²) in [5.41, 5.74) is 3.19. The van der Waals surface area contributed by atoms with Crippen molar-refractivity contribution in [2.45, 2.75) is 13.0 Å². The minimum atomic E-state index is 0.130. The number of nitrogens with zero attached hydrogens (tertiary/aromatic N) is 7. The predicted octanol–water partition coefficient (Wildman–Crippen LogP) is 0.374. The van der Waals surface area contributed by atoms with E-state index in [2.05, 4.69) is 56.5 Å². The van der Waals surface area contributed by atoms with Gasteiger partial charge in [-0.3, -0.25) is 9.69 Å². The minimum Gasteiger partial charge on any atom is -0.360 e. The van der Waals surface area contributed by atoms with Gasteiger partial charge >= 0.3 is 0 Å². The van der Waals surface area contributed by atoms with Crippen LogP contribution in [0.15, 0.2) is 47.9 Å². The lowest BCUT2D eigenvalue weighted by atomic mass is 10.0. The van der Waals surface area contributed by atoms with Crippen LogP contribution in [-0.4, -0.2) is 74.2 Å². The van der Waals surface area contributed by atoms with Gasteiger partial charge in [-0.25, -0.2) is 0 Å². The summed E-state index contributed by atoms with van der Waals surface area (Å²) in [5, 5.41) is 10.8. The second kappa shape index (κ2) is 7.60. The van der Waals surface area contributed by atoms with Gasteiger partial charge in [0.15, 0.2) is 6.33 Å². The Labute approximate surface area is 158 Å². The molecular formula is C19H21N7O. The molecule has 4 rings (SSSR count). The maximum Gasteiger partial charge on any atom is 0.254 e. The van der Waals surface area contributed by atoms with Crippen LogP contribution >= 0.6 is 0 Å². The molecule has 0 N–H and O–H groups in total. The smallest absolute Gasteiger partial charge is 0.254 e. The Morgan fingerprint density at radius 3 is 2.85 bits per heavy atom. The van der Waals surface area contributed by atoms with Gasteiger partial charge in [-0.1, -0.05) is 36.3 Å². The lowest BCUT2D eigenvalue weighted by molar-refractivity contribution is -0.131. The van der Waals surface area contributed by atoms with Crippen LogP contribution in [0.1, 0.15) is 12.0 Å². The molecule has 3 heterocycles. The van der Waals surface area contributed by atoms with Crippen LogP contribution in [0.4, 0.5) is 0 Å². The Morgan fingerprint density at radius 2 is 2.07 bits per heavy atom. The van der Waals surface area contributed by atoms with E-state index in [9.17, 15) is 4.79 Å². The summed E-state index contributed by atoms with van der Waals surface area (Å²) in [7, 11) is 2.06. The van der Waals surface area contributed by atoms with E-state index in [1.54, 1.807) is 0 Å². The van der Waals surface area contributed by atoms with E-state index >= 15 is 0 Å². The SMILES string of the molecule is CN1CN(Cc2ccccc2)C(=O)C2=C1CCN(CC#Cn1cnnn1)C2. The molecule has 1 aromatic heterocycles. The second-order valence-electron chi connectivity index (χ2n) is 6.76. The number of amides is 1. The Bertz CT molecular complexity index is 895. The number of tetrazole rings is 1. The summed E-state index contributed by atoms with van der Waals surface area (Å²) in [4.78, 5) is 19.4. The maximum absolute atomic E-state index is 13.1. The highest BCUT2D eigenvalue weighted by Crippen LogP contribution is 2.27. The molecule has 0 radical (unpaired) electrons. The van der Waals surface area contributed by atoms with Crippen molar-refractivity contribution in [2.75, 3.05) is 33.4 Å². The molecule has 0 bridgehead atoms. The maximum atomic E-state index is 13.1. The first-order chi connectivity index (χ1) is 13.2. The van der Waals surface area contributed by atoms with Crippen LogP contribution in [0.25, 0.3) is 0 Å². The number of carbonyl (C=O) groups excluding carboxylic acids is 1. The first kappa shape index (κ1) is 17.2. The van der Waals surface area contributed by atoms with E-state index in [1.165, 1.54) is 11.0 Å². The van der Waals surface area contributed by atoms with Crippen molar-refractivity contribution in [3.05, 3.63) is 53.5 Å². The molecule has 0 atom stereocenters. The van der Waals surface area contributed by atoms with E-state index in [-0.39, 0.29) is 5.91 Å². The van der Waals surface area contributed by atoms with E-state index in [0.29, 0.717) is 26.3 Å². The zero-order chi connectivity index (χ0) is 18.6. The molecule has 27 heavy (non-hydrogen) atoms. The molecule has 8 nitrogen and oxygen atoms in total. The Hall–Kier alpha value is -3.18. The van der Waals surface area contributed by atoms with Crippen LogP contribution in [0, 0.1) is 12.0 Å². The molecular weight excluding hydrogens is 342 g/mol. The van der Waals surface area contributed by atoms with Crippen molar-refractivity contribution in [2.24, 2.45) is 0 Å². The molecule has 0 aliphatic carbocycles. The summed E-state index contributed by atoms with van der Waals surface area (Å²) in [6.45, 7) is 3.34. The third kappa shape index (κ3) is 3.83. The van der Waals surface area contributed by atoms with Crippen molar-refractivity contribution in [1.29, 1.82) is 0 Å².